The van der Waals surface area contributed by atoms with Crippen LogP contribution in [0.25, 0.3) is 11.4 Å². The molecule has 0 spiro atoms. The van der Waals surface area contributed by atoms with Crippen LogP contribution in [0, 0.1) is 12.7 Å². The summed E-state index contributed by atoms with van der Waals surface area (Å²) in [5.74, 6) is 1.32. The largest absolute Gasteiger partial charge is 0.496 e. The van der Waals surface area contributed by atoms with Crippen LogP contribution in [-0.4, -0.2) is 17.3 Å². The van der Waals surface area contributed by atoms with E-state index in [0.29, 0.717) is 22.8 Å². The molecule has 0 aliphatic heterocycles. The molecule has 7 heteroatoms. The third-order valence-corrected chi connectivity index (χ3v) is 5.04. The third kappa shape index (κ3) is 4.36. The molecule has 1 N–H and O–H groups in total. The number of ether oxygens (including phenoxy) is 1. The van der Waals surface area contributed by atoms with Crippen LogP contribution >= 0.6 is 15.9 Å². The first-order valence-electron chi connectivity index (χ1n) is 8.58. The summed E-state index contributed by atoms with van der Waals surface area (Å²) in [6, 6.07) is 10.7. The summed E-state index contributed by atoms with van der Waals surface area (Å²) in [5, 5.41) is 7.41. The highest BCUT2D eigenvalue weighted by atomic mass is 79.9. The standard InChI is InChI=1S/C20H21BrFN3O2/c1-11-5-6-15(10-17(11)22)19-24-20(27-25-19)13(3)23-12(2)14-7-8-18(26-4)16(21)9-14/h5-10,12-13,23H,1-4H3. The van der Waals surface area contributed by atoms with E-state index in [1.807, 2.05) is 25.1 Å². The van der Waals surface area contributed by atoms with E-state index in [-0.39, 0.29) is 17.9 Å². The van der Waals surface area contributed by atoms with E-state index in [2.05, 4.69) is 38.3 Å². The Morgan fingerprint density at radius 3 is 2.59 bits per heavy atom. The van der Waals surface area contributed by atoms with Crippen molar-refractivity contribution in [3.8, 4) is 17.1 Å². The average molecular weight is 434 g/mol. The highest BCUT2D eigenvalue weighted by Crippen LogP contribution is 2.29. The van der Waals surface area contributed by atoms with Crippen molar-refractivity contribution in [3.05, 3.63) is 63.7 Å². The molecule has 27 heavy (non-hydrogen) atoms. The summed E-state index contributed by atoms with van der Waals surface area (Å²) in [6.45, 7) is 5.71. The third-order valence-electron chi connectivity index (χ3n) is 4.42. The molecule has 2 unspecified atom stereocenters. The van der Waals surface area contributed by atoms with Crippen LogP contribution in [0.1, 0.15) is 42.9 Å². The maximum atomic E-state index is 13.8. The Morgan fingerprint density at radius 1 is 1.15 bits per heavy atom. The van der Waals surface area contributed by atoms with Gasteiger partial charge in [-0.1, -0.05) is 23.4 Å². The zero-order chi connectivity index (χ0) is 19.6. The summed E-state index contributed by atoms with van der Waals surface area (Å²) in [6.07, 6.45) is 0. The molecule has 0 radical (unpaired) electrons. The monoisotopic (exact) mass is 433 g/mol. The molecule has 2 aromatic carbocycles. The summed E-state index contributed by atoms with van der Waals surface area (Å²) in [4.78, 5) is 4.41. The minimum Gasteiger partial charge on any atom is -0.496 e. The summed E-state index contributed by atoms with van der Waals surface area (Å²) in [5.41, 5.74) is 2.26. The fraction of sp³-hybridized carbons (Fsp3) is 0.300. The second-order valence-electron chi connectivity index (χ2n) is 6.42. The van der Waals surface area contributed by atoms with Gasteiger partial charge in [-0.25, -0.2) is 4.39 Å². The number of nitrogens with zero attached hydrogens (tertiary/aromatic N) is 2. The molecule has 0 aliphatic rings. The van der Waals surface area contributed by atoms with Crippen molar-refractivity contribution < 1.29 is 13.7 Å². The number of benzene rings is 2. The van der Waals surface area contributed by atoms with Crippen molar-refractivity contribution in [2.75, 3.05) is 7.11 Å². The van der Waals surface area contributed by atoms with Gasteiger partial charge in [0.05, 0.1) is 17.6 Å². The van der Waals surface area contributed by atoms with Crippen molar-refractivity contribution in [2.24, 2.45) is 0 Å². The first-order chi connectivity index (χ1) is 12.9. The minimum atomic E-state index is -0.288. The SMILES string of the molecule is COc1ccc(C(C)NC(C)c2nc(-c3ccc(C)c(F)c3)no2)cc1Br. The van der Waals surface area contributed by atoms with E-state index in [1.165, 1.54) is 6.07 Å². The zero-order valence-electron chi connectivity index (χ0n) is 15.6. The van der Waals surface area contributed by atoms with Gasteiger partial charge in [0.25, 0.3) is 0 Å². The van der Waals surface area contributed by atoms with Gasteiger partial charge in [-0.2, -0.15) is 4.98 Å². The van der Waals surface area contributed by atoms with E-state index in [9.17, 15) is 4.39 Å². The van der Waals surface area contributed by atoms with Gasteiger partial charge in [-0.3, -0.25) is 5.32 Å². The lowest BCUT2D eigenvalue weighted by molar-refractivity contribution is 0.328. The molecule has 2 atom stereocenters. The van der Waals surface area contributed by atoms with Gasteiger partial charge >= 0.3 is 0 Å². The van der Waals surface area contributed by atoms with Crippen LogP contribution in [0.5, 0.6) is 5.75 Å². The number of halogens is 2. The first-order valence-corrected chi connectivity index (χ1v) is 9.38. The van der Waals surface area contributed by atoms with Crippen molar-refractivity contribution in [2.45, 2.75) is 32.9 Å². The summed E-state index contributed by atoms with van der Waals surface area (Å²) < 4.78 is 25.3. The van der Waals surface area contributed by atoms with Gasteiger partial charge in [-0.15, -0.1) is 0 Å². The van der Waals surface area contributed by atoms with E-state index >= 15 is 0 Å². The zero-order valence-corrected chi connectivity index (χ0v) is 17.2. The quantitative estimate of drug-likeness (QED) is 0.566. The molecule has 1 heterocycles. The number of hydrogen-bond acceptors (Lipinski definition) is 5. The van der Waals surface area contributed by atoms with Gasteiger partial charge in [0.2, 0.25) is 11.7 Å². The molecule has 0 amide bonds. The second-order valence-corrected chi connectivity index (χ2v) is 7.28. The van der Waals surface area contributed by atoms with Gasteiger partial charge in [0, 0.05) is 11.6 Å². The smallest absolute Gasteiger partial charge is 0.243 e. The molecule has 3 rings (SSSR count). The van der Waals surface area contributed by atoms with E-state index in [0.717, 1.165) is 15.8 Å². The Morgan fingerprint density at radius 2 is 1.93 bits per heavy atom. The first kappa shape index (κ1) is 19.5. The highest BCUT2D eigenvalue weighted by molar-refractivity contribution is 9.10. The number of rotatable bonds is 6. The maximum absolute atomic E-state index is 13.8. The second kappa shape index (κ2) is 8.19. The molecule has 1 aromatic heterocycles. The average Bonchev–Trinajstić information content (AvgIpc) is 3.14. The Balaban J connectivity index is 1.72. The van der Waals surface area contributed by atoms with E-state index in [4.69, 9.17) is 9.26 Å². The lowest BCUT2D eigenvalue weighted by atomic mass is 10.1. The fourth-order valence-electron chi connectivity index (χ4n) is 2.75. The molecule has 3 aromatic rings. The number of hydrogen-bond donors (Lipinski definition) is 1. The number of methoxy groups -OCH3 is 1. The van der Waals surface area contributed by atoms with E-state index < -0.39 is 0 Å². The van der Waals surface area contributed by atoms with Crippen molar-refractivity contribution in [1.82, 2.24) is 15.5 Å². The minimum absolute atomic E-state index is 0.0503. The lowest BCUT2D eigenvalue weighted by Gasteiger charge is -2.18. The van der Waals surface area contributed by atoms with Crippen LogP contribution in [0.15, 0.2) is 45.4 Å². The molecule has 5 nitrogen and oxygen atoms in total. The summed E-state index contributed by atoms with van der Waals surface area (Å²) in [7, 11) is 1.64. The maximum Gasteiger partial charge on any atom is 0.243 e. The molecule has 0 aliphatic carbocycles. The van der Waals surface area contributed by atoms with Crippen LogP contribution in [0.2, 0.25) is 0 Å². The molecule has 0 saturated carbocycles. The highest BCUT2D eigenvalue weighted by Gasteiger charge is 2.19. The Hall–Kier alpha value is -2.25. The number of aromatic nitrogens is 2. The van der Waals surface area contributed by atoms with Crippen LogP contribution in [0.3, 0.4) is 0 Å². The van der Waals surface area contributed by atoms with Crippen LogP contribution < -0.4 is 10.1 Å². The molecule has 142 valence electrons. The van der Waals surface area contributed by atoms with Gasteiger partial charge in [0.1, 0.15) is 11.6 Å². The van der Waals surface area contributed by atoms with Crippen molar-refractivity contribution >= 4 is 15.9 Å². The Labute approximate surface area is 166 Å². The topological polar surface area (TPSA) is 60.2 Å². The Kier molecular flexibility index (Phi) is 5.92. The molecular weight excluding hydrogens is 413 g/mol. The lowest BCUT2D eigenvalue weighted by Crippen LogP contribution is -2.22. The fourth-order valence-corrected chi connectivity index (χ4v) is 3.31. The van der Waals surface area contributed by atoms with Gasteiger partial charge in [-0.05, 0) is 66.0 Å². The molecular formula is C20H21BrFN3O2. The Bertz CT molecular complexity index is 945. The van der Waals surface area contributed by atoms with Crippen molar-refractivity contribution in [3.63, 3.8) is 0 Å². The summed E-state index contributed by atoms with van der Waals surface area (Å²) >= 11 is 3.50. The van der Waals surface area contributed by atoms with Crippen LogP contribution in [0.4, 0.5) is 4.39 Å². The van der Waals surface area contributed by atoms with Crippen molar-refractivity contribution in [1.29, 1.82) is 0 Å². The van der Waals surface area contributed by atoms with E-state index in [1.54, 1.807) is 26.2 Å². The number of nitrogens with one attached hydrogen (secondary N) is 1. The van der Waals surface area contributed by atoms with Gasteiger partial charge < -0.3 is 9.26 Å². The molecule has 0 saturated heterocycles. The predicted octanol–water partition coefficient (Wildman–Crippen LogP) is 5.37. The van der Waals surface area contributed by atoms with Gasteiger partial charge in [0.15, 0.2) is 0 Å². The molecule has 0 fully saturated rings. The molecule has 0 bridgehead atoms. The number of aryl methyl sites for hydroxylation is 1. The predicted molar refractivity (Wildman–Crippen MR) is 105 cm³/mol. The van der Waals surface area contributed by atoms with Crippen LogP contribution in [-0.2, 0) is 0 Å². The normalized spacial score (nSPS) is 13.4.